The van der Waals surface area contributed by atoms with Crippen molar-refractivity contribution in [3.05, 3.63) is 58.6 Å². The molecule has 0 bridgehead atoms. The van der Waals surface area contributed by atoms with E-state index in [1.165, 1.54) is 6.07 Å². The Kier molecular flexibility index (Phi) is 5.71. The number of hydrogen-bond donors (Lipinski definition) is 1. The average molecular weight is 405 g/mol. The summed E-state index contributed by atoms with van der Waals surface area (Å²) in [6.07, 6.45) is -0.362. The number of carbonyl (C=O) groups is 1. The summed E-state index contributed by atoms with van der Waals surface area (Å²) in [4.78, 5) is 13.2. The van der Waals surface area contributed by atoms with Crippen LogP contribution in [-0.4, -0.2) is 34.2 Å². The maximum atomic E-state index is 12.4. The molecule has 0 aliphatic carbocycles. The number of aryl methyl sites for hydroxylation is 1. The Labute approximate surface area is 163 Å². The van der Waals surface area contributed by atoms with Gasteiger partial charge in [-0.3, -0.25) is 4.90 Å². The molecule has 0 aromatic heterocycles. The number of cyclic esters (lactones) is 1. The quantitative estimate of drug-likeness (QED) is 0.795. The molecule has 0 atom stereocenters. The Balaban J connectivity index is 1.63. The zero-order valence-corrected chi connectivity index (χ0v) is 16.1. The third kappa shape index (κ3) is 4.61. The predicted octanol–water partition coefficient (Wildman–Crippen LogP) is 2.94. The fraction of sp³-hybridized carbons (Fsp3) is 0.211. The van der Waals surface area contributed by atoms with Crippen molar-refractivity contribution >= 4 is 33.4 Å². The zero-order chi connectivity index (χ0) is 19.4. The molecular formula is C19H17ClN2O4S. The van der Waals surface area contributed by atoms with Crippen LogP contribution >= 0.6 is 11.6 Å². The lowest BCUT2D eigenvalue weighted by atomic mass is 10.2. The highest BCUT2D eigenvalue weighted by Gasteiger charge is 2.23. The molecule has 2 aromatic carbocycles. The molecule has 1 N–H and O–H groups in total. The number of rotatable bonds is 4. The summed E-state index contributed by atoms with van der Waals surface area (Å²) in [5, 5.41) is 0.356. The maximum absolute atomic E-state index is 12.4. The molecule has 140 valence electrons. The first-order valence-corrected chi connectivity index (χ1v) is 10.0. The number of nitrogens with one attached hydrogen (secondary N) is 1. The Morgan fingerprint density at radius 1 is 1.22 bits per heavy atom. The van der Waals surface area contributed by atoms with Gasteiger partial charge in [0, 0.05) is 16.3 Å². The summed E-state index contributed by atoms with van der Waals surface area (Å²) < 4.78 is 32.0. The molecule has 0 radical (unpaired) electrons. The largest absolute Gasteiger partial charge is 0.447 e. The Hall–Kier alpha value is -2.53. The van der Waals surface area contributed by atoms with Crippen LogP contribution in [0.5, 0.6) is 0 Å². The van der Waals surface area contributed by atoms with Crippen molar-refractivity contribution in [3.63, 3.8) is 0 Å². The lowest BCUT2D eigenvalue weighted by molar-refractivity contribution is 0.181. The van der Waals surface area contributed by atoms with Gasteiger partial charge in [-0.1, -0.05) is 29.5 Å². The molecule has 1 fully saturated rings. The van der Waals surface area contributed by atoms with Crippen LogP contribution in [0.1, 0.15) is 11.1 Å². The van der Waals surface area contributed by atoms with Gasteiger partial charge >= 0.3 is 6.09 Å². The Morgan fingerprint density at radius 2 is 1.96 bits per heavy atom. The molecule has 8 heteroatoms. The van der Waals surface area contributed by atoms with E-state index in [9.17, 15) is 13.2 Å². The van der Waals surface area contributed by atoms with Gasteiger partial charge in [0.1, 0.15) is 6.61 Å². The summed E-state index contributed by atoms with van der Waals surface area (Å²) in [7, 11) is -3.69. The summed E-state index contributed by atoms with van der Waals surface area (Å²) in [5.74, 6) is 5.67. The normalized spacial score (nSPS) is 13.9. The average Bonchev–Trinajstić information content (AvgIpc) is 3.07. The van der Waals surface area contributed by atoms with E-state index in [2.05, 4.69) is 16.6 Å². The molecule has 1 aliphatic heterocycles. The number of amides is 1. The monoisotopic (exact) mass is 404 g/mol. The Morgan fingerprint density at radius 3 is 2.63 bits per heavy atom. The first kappa shape index (κ1) is 19.2. The minimum Gasteiger partial charge on any atom is -0.447 e. The summed E-state index contributed by atoms with van der Waals surface area (Å²) in [6, 6.07) is 11.8. The Bertz CT molecular complexity index is 1020. The lowest BCUT2D eigenvalue weighted by Crippen LogP contribution is -2.24. The van der Waals surface area contributed by atoms with E-state index in [4.69, 9.17) is 16.3 Å². The number of sulfonamides is 1. The van der Waals surface area contributed by atoms with Gasteiger partial charge in [-0.05, 0) is 48.9 Å². The van der Waals surface area contributed by atoms with Crippen molar-refractivity contribution in [2.45, 2.75) is 11.8 Å². The van der Waals surface area contributed by atoms with Gasteiger partial charge in [-0.2, -0.15) is 4.72 Å². The predicted molar refractivity (Wildman–Crippen MR) is 103 cm³/mol. The summed E-state index contributed by atoms with van der Waals surface area (Å²) in [5.41, 5.74) is 2.06. The van der Waals surface area contributed by atoms with Crippen LogP contribution in [-0.2, 0) is 14.8 Å². The van der Waals surface area contributed by atoms with Gasteiger partial charge < -0.3 is 4.74 Å². The second-order valence-electron chi connectivity index (χ2n) is 5.85. The maximum Gasteiger partial charge on any atom is 0.414 e. The molecule has 0 unspecified atom stereocenters. The van der Waals surface area contributed by atoms with Crippen molar-refractivity contribution in [2.75, 3.05) is 24.6 Å². The standard InChI is InChI=1S/C19H17ClN2O4S/c1-14-4-7-16(20)13-18(14)27(24,25)21-10-2-3-15-5-8-17(9-6-15)22-11-12-26-19(22)23/h4-9,13,21H,10-12H2,1H3. The summed E-state index contributed by atoms with van der Waals surface area (Å²) in [6.45, 7) is 2.57. The highest BCUT2D eigenvalue weighted by Crippen LogP contribution is 2.20. The van der Waals surface area contributed by atoms with E-state index < -0.39 is 10.0 Å². The molecule has 0 spiro atoms. The molecule has 1 amide bonds. The number of halogens is 1. The third-order valence-electron chi connectivity index (χ3n) is 3.96. The van der Waals surface area contributed by atoms with E-state index >= 15 is 0 Å². The van der Waals surface area contributed by atoms with Gasteiger partial charge in [0.05, 0.1) is 18.0 Å². The van der Waals surface area contributed by atoms with Crippen LogP contribution in [0.2, 0.25) is 5.02 Å². The van der Waals surface area contributed by atoms with Gasteiger partial charge in [0.2, 0.25) is 10.0 Å². The van der Waals surface area contributed by atoms with E-state index in [-0.39, 0.29) is 17.5 Å². The smallest absolute Gasteiger partial charge is 0.414 e. The van der Waals surface area contributed by atoms with Crippen LogP contribution in [0.15, 0.2) is 47.4 Å². The zero-order valence-electron chi connectivity index (χ0n) is 14.5. The molecule has 2 aromatic rings. The van der Waals surface area contributed by atoms with Crippen molar-refractivity contribution in [3.8, 4) is 11.8 Å². The molecule has 27 heavy (non-hydrogen) atoms. The van der Waals surface area contributed by atoms with Crippen molar-refractivity contribution in [1.82, 2.24) is 4.72 Å². The van der Waals surface area contributed by atoms with E-state index in [1.807, 2.05) is 0 Å². The van der Waals surface area contributed by atoms with Crippen LogP contribution in [0.3, 0.4) is 0 Å². The highest BCUT2D eigenvalue weighted by molar-refractivity contribution is 7.89. The lowest BCUT2D eigenvalue weighted by Gasteiger charge is -2.12. The molecule has 1 saturated heterocycles. The number of anilines is 1. The van der Waals surface area contributed by atoms with Gasteiger partial charge in [0.15, 0.2) is 0 Å². The van der Waals surface area contributed by atoms with Gasteiger partial charge in [0.25, 0.3) is 0 Å². The van der Waals surface area contributed by atoms with Crippen LogP contribution in [0, 0.1) is 18.8 Å². The minimum absolute atomic E-state index is 0.0332. The number of hydrogen-bond acceptors (Lipinski definition) is 4. The van der Waals surface area contributed by atoms with Crippen LogP contribution in [0.25, 0.3) is 0 Å². The third-order valence-corrected chi connectivity index (χ3v) is 5.74. The van der Waals surface area contributed by atoms with Crippen molar-refractivity contribution < 1.29 is 17.9 Å². The van der Waals surface area contributed by atoms with Crippen molar-refractivity contribution in [1.29, 1.82) is 0 Å². The minimum atomic E-state index is -3.69. The second kappa shape index (κ2) is 8.01. The van der Waals surface area contributed by atoms with Gasteiger partial charge in [-0.25, -0.2) is 13.2 Å². The topological polar surface area (TPSA) is 75.7 Å². The molecule has 0 saturated carbocycles. The number of benzene rings is 2. The summed E-state index contributed by atoms with van der Waals surface area (Å²) >= 11 is 5.88. The highest BCUT2D eigenvalue weighted by atomic mass is 35.5. The van der Waals surface area contributed by atoms with E-state index in [1.54, 1.807) is 48.2 Å². The van der Waals surface area contributed by atoms with Crippen molar-refractivity contribution in [2.24, 2.45) is 0 Å². The SMILES string of the molecule is Cc1ccc(Cl)cc1S(=O)(=O)NCC#Cc1ccc(N2CCOC2=O)cc1. The second-order valence-corrected chi connectivity index (χ2v) is 8.02. The first-order chi connectivity index (χ1) is 12.9. The fourth-order valence-electron chi connectivity index (χ4n) is 2.57. The molecule has 3 rings (SSSR count). The number of nitrogens with zero attached hydrogens (tertiary/aromatic N) is 1. The fourth-order valence-corrected chi connectivity index (χ4v) is 4.00. The molecule has 1 aliphatic rings. The van der Waals surface area contributed by atoms with Crippen LogP contribution < -0.4 is 9.62 Å². The van der Waals surface area contributed by atoms with E-state index in [0.29, 0.717) is 29.3 Å². The molecule has 1 heterocycles. The molecule has 6 nitrogen and oxygen atoms in total. The molecular weight excluding hydrogens is 388 g/mol. The van der Waals surface area contributed by atoms with E-state index in [0.717, 1.165) is 5.69 Å². The first-order valence-electron chi connectivity index (χ1n) is 8.16. The van der Waals surface area contributed by atoms with Gasteiger partial charge in [-0.15, -0.1) is 0 Å². The van der Waals surface area contributed by atoms with Crippen LogP contribution in [0.4, 0.5) is 10.5 Å². The number of carbonyl (C=O) groups excluding carboxylic acids is 1. The number of ether oxygens (including phenoxy) is 1.